The molecule has 0 unspecified atom stereocenters. The van der Waals surface area contributed by atoms with Gasteiger partial charge in [0.05, 0.1) is 29.6 Å². The van der Waals surface area contributed by atoms with Crippen LogP contribution in [0.25, 0.3) is 0 Å². The molecular weight excluding hydrogens is 394 g/mol. The first-order valence-corrected chi connectivity index (χ1v) is 8.51. The lowest BCUT2D eigenvalue weighted by Crippen LogP contribution is -2.20. The van der Waals surface area contributed by atoms with E-state index in [9.17, 15) is 4.79 Å². The highest BCUT2D eigenvalue weighted by atomic mass is 35.5. The quantitative estimate of drug-likeness (QED) is 0.449. The number of hydrogen-bond donors (Lipinski definition) is 0. The summed E-state index contributed by atoms with van der Waals surface area (Å²) in [7, 11) is 3.01. The minimum Gasteiger partial charge on any atom is -0.497 e. The number of rotatable bonds is 6. The Morgan fingerprint density at radius 1 is 0.958 bits per heavy atom. The molecule has 2 aromatic carbocycles. The van der Waals surface area contributed by atoms with Gasteiger partial charge in [-0.25, -0.2) is 0 Å². The number of alkyl halides is 2. The molecule has 2 aromatic rings. The Morgan fingerprint density at radius 2 is 1.50 bits per heavy atom. The van der Waals surface area contributed by atoms with Gasteiger partial charge in [-0.15, -0.1) is 23.2 Å². The number of ketones is 1. The molecule has 0 aliphatic heterocycles. The van der Waals surface area contributed by atoms with E-state index in [-0.39, 0.29) is 5.78 Å². The summed E-state index contributed by atoms with van der Waals surface area (Å²) < 4.78 is 10.2. The average Bonchev–Trinajstić information content (AvgIpc) is 2.59. The third kappa shape index (κ3) is 4.09. The van der Waals surface area contributed by atoms with Gasteiger partial charge in [-0.1, -0.05) is 23.2 Å². The van der Waals surface area contributed by atoms with Crippen molar-refractivity contribution in [1.29, 1.82) is 0 Å². The topological polar surface area (TPSA) is 35.5 Å². The van der Waals surface area contributed by atoms with Crippen LogP contribution in [0.5, 0.6) is 11.5 Å². The Labute approximate surface area is 160 Å². The molecule has 0 amide bonds. The Hall–Kier alpha value is -1.13. The van der Waals surface area contributed by atoms with Crippen LogP contribution in [0.3, 0.4) is 0 Å². The summed E-state index contributed by atoms with van der Waals surface area (Å²) in [5, 5.41) is -1.19. The average molecular weight is 408 g/mol. The Morgan fingerprint density at radius 3 is 1.96 bits per heavy atom. The molecule has 0 saturated carbocycles. The maximum Gasteiger partial charge on any atom is 0.182 e. The van der Waals surface area contributed by atoms with Crippen LogP contribution in [-0.4, -0.2) is 25.4 Å². The van der Waals surface area contributed by atoms with Crippen molar-refractivity contribution in [2.45, 2.75) is 10.8 Å². The zero-order chi connectivity index (χ0) is 17.9. The first-order chi connectivity index (χ1) is 11.4. The van der Waals surface area contributed by atoms with Crippen LogP contribution in [0.15, 0.2) is 36.4 Å². The standard InChI is InChI=1S/C17H14Cl4O3/c1-23-11-5-3-9(4-6-11)16(22)15(21)14(20)10-7-12(18)17(24-2)13(19)8-10/h3-8,14-15H,1-2H3/t14-,15-/m1/s1. The molecule has 0 fully saturated rings. The fourth-order valence-electron chi connectivity index (χ4n) is 2.15. The lowest BCUT2D eigenvalue weighted by molar-refractivity contribution is 0.0985. The largest absolute Gasteiger partial charge is 0.497 e. The predicted octanol–water partition coefficient (Wildman–Crippen LogP) is 5.78. The van der Waals surface area contributed by atoms with Crippen LogP contribution in [0.1, 0.15) is 21.3 Å². The van der Waals surface area contributed by atoms with Gasteiger partial charge in [-0.2, -0.15) is 0 Å². The van der Waals surface area contributed by atoms with Crippen LogP contribution in [0.2, 0.25) is 10.0 Å². The van der Waals surface area contributed by atoms with Crippen molar-refractivity contribution in [3.63, 3.8) is 0 Å². The summed E-state index contributed by atoms with van der Waals surface area (Å²) in [5.41, 5.74) is 0.974. The summed E-state index contributed by atoms with van der Waals surface area (Å²) in [6, 6.07) is 9.80. The Bertz CT molecular complexity index is 708. The second kappa shape index (κ2) is 8.30. The molecule has 0 spiro atoms. The lowest BCUT2D eigenvalue weighted by Gasteiger charge is -2.17. The van der Waals surface area contributed by atoms with Gasteiger partial charge in [0.15, 0.2) is 11.5 Å². The van der Waals surface area contributed by atoms with Crippen molar-refractivity contribution in [3.05, 3.63) is 57.6 Å². The highest BCUT2D eigenvalue weighted by molar-refractivity contribution is 6.40. The number of halogens is 4. The lowest BCUT2D eigenvalue weighted by atomic mass is 10.0. The summed E-state index contributed by atoms with van der Waals surface area (Å²) in [4.78, 5) is 12.5. The van der Waals surface area contributed by atoms with Crippen molar-refractivity contribution in [2.75, 3.05) is 14.2 Å². The monoisotopic (exact) mass is 406 g/mol. The number of hydrogen-bond acceptors (Lipinski definition) is 3. The van der Waals surface area contributed by atoms with Crippen LogP contribution in [0, 0.1) is 0 Å². The fraction of sp³-hybridized carbons (Fsp3) is 0.235. The number of methoxy groups -OCH3 is 2. The summed E-state index contributed by atoms with van der Waals surface area (Å²) in [5.74, 6) is 0.690. The molecule has 2 atom stereocenters. The highest BCUT2D eigenvalue weighted by Crippen LogP contribution is 2.39. The molecule has 7 heteroatoms. The normalized spacial score (nSPS) is 13.2. The number of Topliss-reactive ketones (excluding diaryl/α,β-unsaturated/α-hetero) is 1. The second-order valence-corrected chi connectivity index (χ2v) is 6.67. The van der Waals surface area contributed by atoms with E-state index in [1.54, 1.807) is 43.5 Å². The summed E-state index contributed by atoms with van der Waals surface area (Å²) in [6.45, 7) is 0. The van der Waals surface area contributed by atoms with Gasteiger partial charge in [0, 0.05) is 5.56 Å². The minimum atomic E-state index is -0.986. The number of carbonyl (C=O) groups excluding carboxylic acids is 1. The smallest absolute Gasteiger partial charge is 0.182 e. The zero-order valence-electron chi connectivity index (χ0n) is 12.9. The molecule has 0 aromatic heterocycles. The highest BCUT2D eigenvalue weighted by Gasteiger charge is 2.28. The number of carbonyl (C=O) groups is 1. The first kappa shape index (κ1) is 19.2. The fourth-order valence-corrected chi connectivity index (χ4v) is 3.32. The van der Waals surface area contributed by atoms with Gasteiger partial charge in [0.25, 0.3) is 0 Å². The molecular formula is C17H14Cl4O3. The minimum absolute atomic E-state index is 0.298. The van der Waals surface area contributed by atoms with Crippen molar-refractivity contribution < 1.29 is 14.3 Å². The Balaban J connectivity index is 2.24. The first-order valence-electron chi connectivity index (χ1n) is 6.88. The molecule has 0 heterocycles. The van der Waals surface area contributed by atoms with E-state index < -0.39 is 10.8 Å². The van der Waals surface area contributed by atoms with E-state index >= 15 is 0 Å². The van der Waals surface area contributed by atoms with Crippen molar-refractivity contribution in [2.24, 2.45) is 0 Å². The van der Waals surface area contributed by atoms with Crippen molar-refractivity contribution >= 4 is 52.2 Å². The van der Waals surface area contributed by atoms with E-state index in [1.807, 2.05) is 0 Å². The van der Waals surface area contributed by atoms with Crippen molar-refractivity contribution in [1.82, 2.24) is 0 Å². The maximum absolute atomic E-state index is 12.5. The van der Waals surface area contributed by atoms with Gasteiger partial charge in [0.2, 0.25) is 0 Å². The summed E-state index contributed by atoms with van der Waals surface area (Å²) in [6.07, 6.45) is 0. The molecule has 24 heavy (non-hydrogen) atoms. The molecule has 0 saturated heterocycles. The van der Waals surface area contributed by atoms with Crippen LogP contribution in [0.4, 0.5) is 0 Å². The van der Waals surface area contributed by atoms with Gasteiger partial charge in [-0.3, -0.25) is 4.79 Å². The third-order valence-corrected chi connectivity index (χ3v) is 5.07. The maximum atomic E-state index is 12.5. The van der Waals surface area contributed by atoms with Gasteiger partial charge in [-0.05, 0) is 42.0 Å². The molecule has 0 aliphatic carbocycles. The molecule has 128 valence electrons. The van der Waals surface area contributed by atoms with Crippen LogP contribution >= 0.6 is 46.4 Å². The van der Waals surface area contributed by atoms with Crippen LogP contribution in [-0.2, 0) is 0 Å². The van der Waals surface area contributed by atoms with Gasteiger partial charge < -0.3 is 9.47 Å². The Kier molecular flexibility index (Phi) is 6.64. The van der Waals surface area contributed by atoms with E-state index in [4.69, 9.17) is 55.9 Å². The van der Waals surface area contributed by atoms with E-state index in [0.717, 1.165) is 0 Å². The van der Waals surface area contributed by atoms with Gasteiger partial charge in [0.1, 0.15) is 11.1 Å². The van der Waals surface area contributed by atoms with E-state index in [0.29, 0.717) is 32.7 Å². The predicted molar refractivity (Wildman–Crippen MR) is 98.6 cm³/mol. The second-order valence-electron chi connectivity index (χ2n) is 4.91. The molecule has 3 nitrogen and oxygen atoms in total. The van der Waals surface area contributed by atoms with Gasteiger partial charge >= 0.3 is 0 Å². The molecule has 0 aliphatic rings. The summed E-state index contributed by atoms with van der Waals surface area (Å²) >= 11 is 24.8. The zero-order valence-corrected chi connectivity index (χ0v) is 15.9. The van der Waals surface area contributed by atoms with Crippen LogP contribution < -0.4 is 9.47 Å². The number of benzene rings is 2. The molecule has 0 radical (unpaired) electrons. The third-order valence-electron chi connectivity index (χ3n) is 3.43. The van der Waals surface area contributed by atoms with E-state index in [1.165, 1.54) is 7.11 Å². The molecule has 0 bridgehead atoms. The number of ether oxygens (including phenoxy) is 2. The van der Waals surface area contributed by atoms with Crippen molar-refractivity contribution in [3.8, 4) is 11.5 Å². The molecule has 2 rings (SSSR count). The SMILES string of the molecule is COc1ccc(C(=O)[C@H](Cl)[C@H](Cl)c2cc(Cl)c(OC)c(Cl)c2)cc1. The van der Waals surface area contributed by atoms with E-state index in [2.05, 4.69) is 0 Å². The molecule has 0 N–H and O–H groups in total.